The van der Waals surface area contributed by atoms with Crippen molar-refractivity contribution in [3.63, 3.8) is 0 Å². The molecule has 16 nitrogen and oxygen atoms in total. The molecule has 0 unspecified atom stereocenters. The van der Waals surface area contributed by atoms with E-state index >= 15 is 0 Å². The normalized spacial score (nSPS) is 15.0. The number of aliphatic imine (C=N–C) groups is 1. The molecule has 0 aliphatic heterocycles. The van der Waals surface area contributed by atoms with Crippen LogP contribution in [-0.4, -0.2) is 86.2 Å². The fourth-order valence-corrected chi connectivity index (χ4v) is 5.94. The fourth-order valence-electron chi connectivity index (χ4n) is 5.94. The molecule has 1 fully saturated rings. The number of hydrogen-bond acceptors (Lipinski definition) is 9. The van der Waals surface area contributed by atoms with Crippen molar-refractivity contribution in [3.8, 4) is 0 Å². The highest BCUT2D eigenvalue weighted by Crippen LogP contribution is 2.25. The smallest absolute Gasteiger partial charge is 0.353 e. The van der Waals surface area contributed by atoms with Crippen molar-refractivity contribution in [1.82, 2.24) is 30.5 Å². The number of carbonyl (C=O) groups is 5. The summed E-state index contributed by atoms with van der Waals surface area (Å²) in [5.74, 6) is -2.38. The number of guanidine groups is 1. The van der Waals surface area contributed by atoms with Crippen LogP contribution in [0, 0.1) is 0 Å². The van der Waals surface area contributed by atoms with Gasteiger partial charge in [0.1, 0.15) is 12.1 Å². The van der Waals surface area contributed by atoms with Crippen molar-refractivity contribution in [3.05, 3.63) is 83.6 Å². The molecule has 16 heteroatoms. The van der Waals surface area contributed by atoms with Crippen LogP contribution in [0.3, 0.4) is 0 Å². The minimum absolute atomic E-state index is 0.0165. The lowest BCUT2D eigenvalue weighted by Crippen LogP contribution is -2.59. The summed E-state index contributed by atoms with van der Waals surface area (Å²) in [4.78, 5) is 73.3. The van der Waals surface area contributed by atoms with Crippen molar-refractivity contribution in [1.29, 1.82) is 0 Å². The molecule has 282 valence electrons. The first-order valence-corrected chi connectivity index (χ1v) is 17.7. The van der Waals surface area contributed by atoms with E-state index < -0.39 is 53.8 Å². The van der Waals surface area contributed by atoms with Gasteiger partial charge in [-0.25, -0.2) is 4.79 Å². The first kappa shape index (κ1) is 39.9. The number of imide groups is 1. The molecule has 0 saturated heterocycles. The molecule has 0 spiro atoms. The first-order valence-electron chi connectivity index (χ1n) is 17.7. The van der Waals surface area contributed by atoms with Crippen LogP contribution in [0.15, 0.2) is 77.4 Å². The highest BCUT2D eigenvalue weighted by molar-refractivity contribution is 6.06. The molecule has 1 aromatic heterocycles. The number of nitrogens with one attached hydrogen (secondary N) is 3. The molecule has 1 aliphatic rings. The topological polar surface area (TPSA) is 246 Å². The average molecular weight is 728 g/mol. The van der Waals surface area contributed by atoms with Crippen LogP contribution in [0.2, 0.25) is 0 Å². The molecular formula is C37H49N11O5. The van der Waals surface area contributed by atoms with Gasteiger partial charge in [-0.1, -0.05) is 85.1 Å². The second-order valence-electron chi connectivity index (χ2n) is 13.1. The Balaban J connectivity index is 1.61. The Labute approximate surface area is 308 Å². The van der Waals surface area contributed by atoms with Gasteiger partial charge in [-0.3, -0.25) is 29.1 Å². The highest BCUT2D eigenvalue weighted by atomic mass is 16.2. The van der Waals surface area contributed by atoms with Crippen LogP contribution in [0.5, 0.6) is 0 Å². The van der Waals surface area contributed by atoms with Crippen molar-refractivity contribution in [2.45, 2.75) is 89.4 Å². The average Bonchev–Trinajstić information content (AvgIpc) is 3.62. The van der Waals surface area contributed by atoms with Crippen LogP contribution in [0.25, 0.3) is 6.08 Å². The molecule has 9 N–H and O–H groups in total. The Bertz CT molecular complexity index is 1770. The summed E-state index contributed by atoms with van der Waals surface area (Å²) >= 11 is 0. The quantitative estimate of drug-likeness (QED) is 0.0576. The van der Waals surface area contributed by atoms with Gasteiger partial charge < -0.3 is 33.2 Å². The standard InChI is InChI=1S/C37H49N11O5/c1-24(21-26-13-6-3-7-14-26)32(49)44-31-23-47(46-45-31)37(53)48(28-17-10-5-11-18-28)35(52)30(22-27-15-8-4-9-16-27)43-34(51)29(42-33(50)25(2)38)19-12-20-41-36(39)40/h3-4,6-9,13-16,21,23,25,28-30H,5,10-12,17-20,22,38H2,1-2H3,(H,42,50)(H,43,51)(H,44,49)(H4,39,40,41)/t25-,29-,30-/m0/s1. The van der Waals surface area contributed by atoms with E-state index in [4.69, 9.17) is 17.2 Å². The Morgan fingerprint density at radius 3 is 2.23 bits per heavy atom. The third kappa shape index (κ3) is 12.1. The molecule has 53 heavy (non-hydrogen) atoms. The zero-order valence-corrected chi connectivity index (χ0v) is 30.1. The molecule has 5 amide bonds. The van der Waals surface area contributed by atoms with E-state index in [9.17, 15) is 24.0 Å². The van der Waals surface area contributed by atoms with Crippen molar-refractivity contribution >= 4 is 47.5 Å². The summed E-state index contributed by atoms with van der Waals surface area (Å²) in [5.41, 5.74) is 18.6. The van der Waals surface area contributed by atoms with Gasteiger partial charge in [0.2, 0.25) is 11.8 Å². The molecule has 2 aromatic carbocycles. The summed E-state index contributed by atoms with van der Waals surface area (Å²) in [6.07, 6.45) is 7.16. The van der Waals surface area contributed by atoms with E-state index in [0.717, 1.165) is 40.0 Å². The molecular weight excluding hydrogens is 678 g/mol. The summed E-state index contributed by atoms with van der Waals surface area (Å²) < 4.78 is 0.912. The van der Waals surface area contributed by atoms with Crippen molar-refractivity contribution < 1.29 is 24.0 Å². The number of benzene rings is 2. The lowest BCUT2D eigenvalue weighted by atomic mass is 9.93. The van der Waals surface area contributed by atoms with Crippen molar-refractivity contribution in [2.75, 3.05) is 11.9 Å². The second kappa shape index (κ2) is 19.6. The van der Waals surface area contributed by atoms with Gasteiger partial charge >= 0.3 is 6.03 Å². The predicted octanol–water partition coefficient (Wildman–Crippen LogP) is 2.06. The number of nitrogens with zero attached hydrogens (tertiary/aromatic N) is 5. The molecule has 1 heterocycles. The number of rotatable bonds is 15. The third-order valence-corrected chi connectivity index (χ3v) is 8.74. The van der Waals surface area contributed by atoms with Crippen LogP contribution >= 0.6 is 0 Å². The molecule has 3 atom stereocenters. The summed E-state index contributed by atoms with van der Waals surface area (Å²) in [6.45, 7) is 3.35. The Kier molecular flexibility index (Phi) is 14.8. The van der Waals surface area contributed by atoms with E-state index in [1.807, 2.05) is 48.5 Å². The minimum atomic E-state index is -1.21. The van der Waals surface area contributed by atoms with E-state index in [0.29, 0.717) is 24.8 Å². The lowest BCUT2D eigenvalue weighted by molar-refractivity contribution is -0.137. The largest absolute Gasteiger partial charge is 0.370 e. The number of nitrogens with two attached hydrogens (primary N) is 3. The molecule has 4 rings (SSSR count). The maximum absolute atomic E-state index is 14.6. The Morgan fingerprint density at radius 1 is 0.943 bits per heavy atom. The minimum Gasteiger partial charge on any atom is -0.370 e. The number of anilines is 1. The van der Waals surface area contributed by atoms with Crippen molar-refractivity contribution in [2.24, 2.45) is 22.2 Å². The molecule has 1 aliphatic carbocycles. The van der Waals surface area contributed by atoms with Gasteiger partial charge in [-0.05, 0) is 56.7 Å². The first-order chi connectivity index (χ1) is 25.4. The molecule has 1 saturated carbocycles. The number of carbonyl (C=O) groups excluding carboxylic acids is 5. The van der Waals surface area contributed by atoms with E-state index in [-0.39, 0.29) is 31.2 Å². The Hall–Kier alpha value is -5.90. The van der Waals surface area contributed by atoms with Crippen LogP contribution in [0.1, 0.15) is 69.9 Å². The second-order valence-corrected chi connectivity index (χ2v) is 13.1. The summed E-state index contributed by atoms with van der Waals surface area (Å²) in [7, 11) is 0. The molecule has 3 aromatic rings. The number of amides is 5. The zero-order chi connectivity index (χ0) is 38.3. The van der Waals surface area contributed by atoms with Gasteiger partial charge in [-0.15, -0.1) is 5.10 Å². The van der Waals surface area contributed by atoms with Crippen LogP contribution in [0.4, 0.5) is 10.6 Å². The maximum atomic E-state index is 14.6. The molecule has 0 radical (unpaired) electrons. The number of hydrogen-bond donors (Lipinski definition) is 6. The van der Waals surface area contributed by atoms with E-state index in [2.05, 4.69) is 31.3 Å². The van der Waals surface area contributed by atoms with Gasteiger partial charge in [-0.2, -0.15) is 4.68 Å². The van der Waals surface area contributed by atoms with Gasteiger partial charge in [0.05, 0.1) is 12.2 Å². The molecule has 0 bridgehead atoms. The maximum Gasteiger partial charge on any atom is 0.353 e. The Morgan fingerprint density at radius 2 is 1.58 bits per heavy atom. The van der Waals surface area contributed by atoms with Crippen LogP contribution < -0.4 is 33.2 Å². The SMILES string of the molecule is CC(=Cc1ccccc1)C(=O)Nc1cn(C(=O)N(C(=O)[C@H](Cc2ccccc2)NC(=O)[C@H](CCCN=C(N)N)NC(=O)[C@H](C)N)C2CCCCC2)nn1. The third-order valence-electron chi connectivity index (χ3n) is 8.74. The predicted molar refractivity (Wildman–Crippen MR) is 201 cm³/mol. The fraction of sp³-hybridized carbons (Fsp3) is 0.405. The van der Waals surface area contributed by atoms with Gasteiger partial charge in [0.15, 0.2) is 11.8 Å². The van der Waals surface area contributed by atoms with Gasteiger partial charge in [0, 0.05) is 24.6 Å². The monoisotopic (exact) mass is 727 g/mol. The summed E-state index contributed by atoms with van der Waals surface area (Å²) in [5, 5.41) is 16.1. The zero-order valence-electron chi connectivity index (χ0n) is 30.1. The van der Waals surface area contributed by atoms with E-state index in [1.165, 1.54) is 13.1 Å². The van der Waals surface area contributed by atoms with E-state index in [1.54, 1.807) is 25.1 Å². The summed E-state index contributed by atoms with van der Waals surface area (Å²) in [6, 6.07) is 13.9. The van der Waals surface area contributed by atoms with Gasteiger partial charge in [0.25, 0.3) is 11.8 Å². The highest BCUT2D eigenvalue weighted by Gasteiger charge is 2.38. The van der Waals surface area contributed by atoms with Crippen LogP contribution in [-0.2, 0) is 25.6 Å². The number of aromatic nitrogens is 3. The lowest BCUT2D eigenvalue weighted by Gasteiger charge is -2.35.